The second kappa shape index (κ2) is 6.36. The van der Waals surface area contributed by atoms with Crippen LogP contribution < -0.4 is 5.32 Å². The average molecular weight is 333 g/mol. The van der Waals surface area contributed by atoms with Crippen LogP contribution in [0.1, 0.15) is 53.5 Å². The summed E-state index contributed by atoms with van der Waals surface area (Å²) in [5.74, 6) is 0.667. The molecule has 3 aromatic rings. The summed E-state index contributed by atoms with van der Waals surface area (Å²) in [4.78, 5) is 20.2. The lowest BCUT2D eigenvalue weighted by atomic mass is 9.87. The van der Waals surface area contributed by atoms with Crippen LogP contribution in [0.2, 0.25) is 0 Å². The molecule has 0 spiro atoms. The van der Waals surface area contributed by atoms with Crippen molar-refractivity contribution in [3.63, 3.8) is 0 Å². The van der Waals surface area contributed by atoms with Gasteiger partial charge in [-0.05, 0) is 73.6 Å². The van der Waals surface area contributed by atoms with Gasteiger partial charge in [0.1, 0.15) is 0 Å². The van der Waals surface area contributed by atoms with E-state index >= 15 is 0 Å². The summed E-state index contributed by atoms with van der Waals surface area (Å²) < 4.78 is 0. The van der Waals surface area contributed by atoms with Crippen molar-refractivity contribution in [2.45, 2.75) is 39.2 Å². The zero-order valence-electron chi connectivity index (χ0n) is 14.7. The predicted molar refractivity (Wildman–Crippen MR) is 99.6 cm³/mol. The maximum atomic E-state index is 12.7. The molecule has 0 fully saturated rings. The smallest absolute Gasteiger partial charge is 0.251 e. The van der Waals surface area contributed by atoms with Crippen LogP contribution in [0.3, 0.4) is 0 Å². The Hall–Kier alpha value is -2.62. The maximum absolute atomic E-state index is 12.7. The summed E-state index contributed by atoms with van der Waals surface area (Å²) in [6.07, 6.45) is 6.92. The molecule has 25 heavy (non-hydrogen) atoms. The third kappa shape index (κ3) is 3.04. The SMILES string of the molecule is C[C@@H]1CCc2[nH]c3ccc(C(=O)N[C@@H](C)c4ccncc4)cc3c2C1. The van der Waals surface area contributed by atoms with Gasteiger partial charge in [0, 0.05) is 34.6 Å². The number of aromatic nitrogens is 2. The van der Waals surface area contributed by atoms with Gasteiger partial charge in [-0.25, -0.2) is 0 Å². The zero-order valence-corrected chi connectivity index (χ0v) is 14.7. The van der Waals surface area contributed by atoms with Crippen LogP contribution in [0.25, 0.3) is 10.9 Å². The van der Waals surface area contributed by atoms with Gasteiger partial charge in [-0.2, -0.15) is 0 Å². The molecule has 0 radical (unpaired) electrons. The largest absolute Gasteiger partial charge is 0.358 e. The van der Waals surface area contributed by atoms with Crippen molar-refractivity contribution in [1.29, 1.82) is 0 Å². The van der Waals surface area contributed by atoms with E-state index in [1.807, 2.05) is 37.3 Å². The molecule has 0 saturated carbocycles. The normalized spacial score (nSPS) is 17.9. The Morgan fingerprint density at radius 2 is 2.08 bits per heavy atom. The molecule has 0 bridgehead atoms. The maximum Gasteiger partial charge on any atom is 0.251 e. The first-order chi connectivity index (χ1) is 12.1. The van der Waals surface area contributed by atoms with E-state index in [0.717, 1.165) is 23.9 Å². The molecule has 2 atom stereocenters. The number of H-pyrrole nitrogens is 1. The molecule has 2 N–H and O–H groups in total. The van der Waals surface area contributed by atoms with E-state index in [1.54, 1.807) is 12.4 Å². The number of hydrogen-bond donors (Lipinski definition) is 2. The number of fused-ring (bicyclic) bond motifs is 3. The van der Waals surface area contributed by atoms with E-state index in [-0.39, 0.29) is 11.9 Å². The summed E-state index contributed by atoms with van der Waals surface area (Å²) in [5.41, 5.74) is 5.64. The molecule has 0 saturated heterocycles. The standard InChI is InChI=1S/C21H23N3O/c1-13-3-5-19-17(11-13)18-12-16(4-6-20(18)24-19)21(25)23-14(2)15-7-9-22-10-8-15/h4,6-10,12-14,24H,3,5,11H2,1-2H3,(H,23,25)/t13-,14+/m1/s1. The quantitative estimate of drug-likeness (QED) is 0.755. The van der Waals surface area contributed by atoms with E-state index in [2.05, 4.69) is 22.2 Å². The first kappa shape index (κ1) is 15.9. The Labute approximate surface area is 147 Å². The lowest BCUT2D eigenvalue weighted by molar-refractivity contribution is 0.0940. The minimum atomic E-state index is -0.0497. The lowest BCUT2D eigenvalue weighted by Crippen LogP contribution is -2.26. The molecule has 0 aliphatic heterocycles. The van der Waals surface area contributed by atoms with Gasteiger partial charge in [0.15, 0.2) is 0 Å². The number of rotatable bonds is 3. The van der Waals surface area contributed by atoms with Gasteiger partial charge in [-0.3, -0.25) is 9.78 Å². The molecule has 4 heteroatoms. The number of hydrogen-bond acceptors (Lipinski definition) is 2. The molecule has 4 nitrogen and oxygen atoms in total. The number of aryl methyl sites for hydroxylation is 1. The van der Waals surface area contributed by atoms with Gasteiger partial charge < -0.3 is 10.3 Å². The minimum Gasteiger partial charge on any atom is -0.358 e. The van der Waals surface area contributed by atoms with Crippen molar-refractivity contribution in [2.75, 3.05) is 0 Å². The van der Waals surface area contributed by atoms with Crippen molar-refractivity contribution in [2.24, 2.45) is 5.92 Å². The van der Waals surface area contributed by atoms with Crippen molar-refractivity contribution >= 4 is 16.8 Å². The third-order valence-corrected chi connectivity index (χ3v) is 5.25. The number of benzene rings is 1. The van der Waals surface area contributed by atoms with Crippen LogP contribution in [0.4, 0.5) is 0 Å². The molecule has 4 rings (SSSR count). The number of carbonyl (C=O) groups is 1. The third-order valence-electron chi connectivity index (χ3n) is 5.25. The Balaban J connectivity index is 1.61. The van der Waals surface area contributed by atoms with Crippen LogP contribution in [-0.4, -0.2) is 15.9 Å². The van der Waals surface area contributed by atoms with E-state index < -0.39 is 0 Å². The number of carbonyl (C=O) groups excluding carboxylic acids is 1. The highest BCUT2D eigenvalue weighted by molar-refractivity contribution is 5.99. The molecule has 0 unspecified atom stereocenters. The Morgan fingerprint density at radius 3 is 2.88 bits per heavy atom. The number of amides is 1. The number of nitrogens with zero attached hydrogens (tertiary/aromatic N) is 1. The van der Waals surface area contributed by atoms with Gasteiger partial charge in [0.2, 0.25) is 0 Å². The molecular formula is C21H23N3O. The fraction of sp³-hybridized carbons (Fsp3) is 0.333. The Morgan fingerprint density at radius 1 is 1.28 bits per heavy atom. The first-order valence-electron chi connectivity index (χ1n) is 8.96. The van der Waals surface area contributed by atoms with E-state index in [4.69, 9.17) is 0 Å². The highest BCUT2D eigenvalue weighted by atomic mass is 16.1. The van der Waals surface area contributed by atoms with Crippen molar-refractivity contribution in [1.82, 2.24) is 15.3 Å². The first-order valence-corrected chi connectivity index (χ1v) is 8.96. The Bertz CT molecular complexity index is 914. The number of nitrogens with one attached hydrogen (secondary N) is 2. The lowest BCUT2D eigenvalue weighted by Gasteiger charge is -2.18. The van der Waals surface area contributed by atoms with Crippen molar-refractivity contribution in [3.05, 3.63) is 65.1 Å². The summed E-state index contributed by atoms with van der Waals surface area (Å²) in [6, 6.07) is 9.78. The average Bonchev–Trinajstić information content (AvgIpc) is 2.99. The molecule has 1 aliphatic rings. The van der Waals surface area contributed by atoms with Gasteiger partial charge in [-0.1, -0.05) is 6.92 Å². The van der Waals surface area contributed by atoms with Gasteiger partial charge >= 0.3 is 0 Å². The van der Waals surface area contributed by atoms with Gasteiger partial charge in [0.25, 0.3) is 5.91 Å². The second-order valence-corrected chi connectivity index (χ2v) is 7.17. The number of aromatic amines is 1. The van der Waals surface area contributed by atoms with E-state index in [0.29, 0.717) is 11.5 Å². The fourth-order valence-corrected chi connectivity index (χ4v) is 3.75. The van der Waals surface area contributed by atoms with Crippen molar-refractivity contribution < 1.29 is 4.79 Å². The predicted octanol–water partition coefficient (Wildman–Crippen LogP) is 4.18. The van der Waals surface area contributed by atoms with Crippen LogP contribution in [-0.2, 0) is 12.8 Å². The highest BCUT2D eigenvalue weighted by Crippen LogP contribution is 2.32. The number of pyridine rings is 1. The second-order valence-electron chi connectivity index (χ2n) is 7.17. The molecule has 128 valence electrons. The molecule has 1 aromatic carbocycles. The summed E-state index contributed by atoms with van der Waals surface area (Å²) in [6.45, 7) is 4.29. The molecule has 1 amide bonds. The van der Waals surface area contributed by atoms with Crippen molar-refractivity contribution in [3.8, 4) is 0 Å². The fourth-order valence-electron chi connectivity index (χ4n) is 3.75. The van der Waals surface area contributed by atoms with Gasteiger partial charge in [0.05, 0.1) is 6.04 Å². The van der Waals surface area contributed by atoms with Crippen LogP contribution in [0.15, 0.2) is 42.7 Å². The topological polar surface area (TPSA) is 57.8 Å². The van der Waals surface area contributed by atoms with E-state index in [1.165, 1.54) is 23.1 Å². The highest BCUT2D eigenvalue weighted by Gasteiger charge is 2.21. The van der Waals surface area contributed by atoms with Gasteiger partial charge in [-0.15, -0.1) is 0 Å². The molecular weight excluding hydrogens is 310 g/mol. The molecule has 1 aliphatic carbocycles. The van der Waals surface area contributed by atoms with E-state index in [9.17, 15) is 4.79 Å². The summed E-state index contributed by atoms with van der Waals surface area (Å²) >= 11 is 0. The summed E-state index contributed by atoms with van der Waals surface area (Å²) in [5, 5.41) is 4.28. The monoisotopic (exact) mass is 333 g/mol. The van der Waals surface area contributed by atoms with Crippen LogP contribution >= 0.6 is 0 Å². The Kier molecular flexibility index (Phi) is 4.04. The zero-order chi connectivity index (χ0) is 17.4. The van der Waals surface area contributed by atoms with Crippen LogP contribution in [0.5, 0.6) is 0 Å². The van der Waals surface area contributed by atoms with Crippen LogP contribution in [0, 0.1) is 5.92 Å². The minimum absolute atomic E-state index is 0.0370. The summed E-state index contributed by atoms with van der Waals surface area (Å²) in [7, 11) is 0. The molecule has 2 heterocycles. The molecule has 2 aromatic heterocycles.